The van der Waals surface area contributed by atoms with Crippen LogP contribution in [0.1, 0.15) is 41.0 Å². The van der Waals surface area contributed by atoms with Crippen LogP contribution < -0.4 is 5.32 Å². The molecule has 1 fully saturated rings. The molecule has 0 aliphatic carbocycles. The van der Waals surface area contributed by atoms with Gasteiger partial charge in [-0.25, -0.2) is 0 Å². The summed E-state index contributed by atoms with van der Waals surface area (Å²) in [5.74, 6) is 0.245. The second-order valence-corrected chi connectivity index (χ2v) is 5.58. The number of nitrogens with one attached hydrogen (secondary N) is 1. The van der Waals surface area contributed by atoms with Gasteiger partial charge in [0.15, 0.2) is 0 Å². The highest BCUT2D eigenvalue weighted by atomic mass is 16.2. The van der Waals surface area contributed by atoms with Crippen LogP contribution in [0.25, 0.3) is 0 Å². The highest BCUT2D eigenvalue weighted by Gasteiger charge is 2.41. The molecule has 1 unspecified atom stereocenters. The molecule has 0 bridgehead atoms. The molecule has 0 aromatic rings. The first kappa shape index (κ1) is 11.5. The highest BCUT2D eigenvalue weighted by Crippen LogP contribution is 2.23. The van der Waals surface area contributed by atoms with Crippen molar-refractivity contribution in [2.24, 2.45) is 5.41 Å². The molecule has 0 radical (unpaired) electrons. The van der Waals surface area contributed by atoms with Crippen molar-refractivity contribution in [3.05, 3.63) is 0 Å². The zero-order valence-corrected chi connectivity index (χ0v) is 9.98. The number of rotatable bonds is 2. The molecule has 82 valence electrons. The van der Waals surface area contributed by atoms with E-state index in [-0.39, 0.29) is 16.9 Å². The Kier molecular flexibility index (Phi) is 2.91. The fourth-order valence-corrected chi connectivity index (χ4v) is 1.74. The van der Waals surface area contributed by atoms with Crippen LogP contribution in [-0.2, 0) is 4.79 Å². The smallest absolute Gasteiger partial charge is 0.243 e. The summed E-state index contributed by atoms with van der Waals surface area (Å²) in [5.41, 5.74) is -0.151. The van der Waals surface area contributed by atoms with Crippen molar-refractivity contribution >= 4 is 5.91 Å². The van der Waals surface area contributed by atoms with E-state index in [2.05, 4.69) is 26.1 Å². The standard InChI is InChI=1S/C11H22N2O/c1-6-11(5)9(14)13(8-12-11)7-10(2,3)4/h12H,6-8H2,1-5H3. The van der Waals surface area contributed by atoms with Crippen molar-refractivity contribution in [1.29, 1.82) is 0 Å². The predicted octanol–water partition coefficient (Wildman–Crippen LogP) is 1.59. The third-order valence-electron chi connectivity index (χ3n) is 2.79. The van der Waals surface area contributed by atoms with E-state index in [0.29, 0.717) is 6.67 Å². The van der Waals surface area contributed by atoms with Gasteiger partial charge in [0.1, 0.15) is 0 Å². The van der Waals surface area contributed by atoms with Gasteiger partial charge in [-0.05, 0) is 18.8 Å². The van der Waals surface area contributed by atoms with Crippen LogP contribution in [0, 0.1) is 5.41 Å². The third-order valence-corrected chi connectivity index (χ3v) is 2.79. The zero-order valence-electron chi connectivity index (χ0n) is 9.98. The Morgan fingerprint density at radius 2 is 2.07 bits per heavy atom. The average molecular weight is 198 g/mol. The van der Waals surface area contributed by atoms with Crippen LogP contribution in [0.2, 0.25) is 0 Å². The topological polar surface area (TPSA) is 32.3 Å². The van der Waals surface area contributed by atoms with Gasteiger partial charge in [0.05, 0.1) is 12.2 Å². The Labute approximate surface area is 86.9 Å². The first-order valence-electron chi connectivity index (χ1n) is 5.33. The Balaban J connectivity index is 2.65. The molecule has 0 saturated carbocycles. The van der Waals surface area contributed by atoms with Gasteiger partial charge < -0.3 is 4.90 Å². The summed E-state index contributed by atoms with van der Waals surface area (Å²) in [4.78, 5) is 13.9. The fourth-order valence-electron chi connectivity index (χ4n) is 1.74. The maximum absolute atomic E-state index is 12.0. The maximum Gasteiger partial charge on any atom is 0.243 e. The van der Waals surface area contributed by atoms with Gasteiger partial charge in [-0.15, -0.1) is 0 Å². The quantitative estimate of drug-likeness (QED) is 0.731. The van der Waals surface area contributed by atoms with Crippen LogP contribution in [0.4, 0.5) is 0 Å². The lowest BCUT2D eigenvalue weighted by atomic mass is 9.94. The molecule has 0 aromatic carbocycles. The molecule has 1 aliphatic heterocycles. The molecule has 0 aromatic heterocycles. The van der Waals surface area contributed by atoms with Crippen LogP contribution in [0.5, 0.6) is 0 Å². The van der Waals surface area contributed by atoms with E-state index in [9.17, 15) is 4.79 Å². The van der Waals surface area contributed by atoms with Crippen molar-refractivity contribution in [3.63, 3.8) is 0 Å². The molecule has 14 heavy (non-hydrogen) atoms. The predicted molar refractivity (Wildman–Crippen MR) is 57.9 cm³/mol. The number of amides is 1. The van der Waals surface area contributed by atoms with Gasteiger partial charge in [0, 0.05) is 6.54 Å². The van der Waals surface area contributed by atoms with Crippen molar-refractivity contribution in [3.8, 4) is 0 Å². The monoisotopic (exact) mass is 198 g/mol. The summed E-state index contributed by atoms with van der Waals surface area (Å²) in [6.07, 6.45) is 0.854. The molecule has 1 rings (SSSR count). The van der Waals surface area contributed by atoms with Gasteiger partial charge in [-0.3, -0.25) is 10.1 Å². The van der Waals surface area contributed by atoms with Crippen molar-refractivity contribution in [2.45, 2.75) is 46.6 Å². The van der Waals surface area contributed by atoms with Crippen LogP contribution in [0.3, 0.4) is 0 Å². The van der Waals surface area contributed by atoms with Crippen LogP contribution in [-0.4, -0.2) is 29.6 Å². The van der Waals surface area contributed by atoms with Crippen LogP contribution >= 0.6 is 0 Å². The third kappa shape index (κ3) is 2.27. The van der Waals surface area contributed by atoms with Gasteiger partial charge >= 0.3 is 0 Å². The fraction of sp³-hybridized carbons (Fsp3) is 0.909. The Morgan fingerprint density at radius 3 is 2.43 bits per heavy atom. The number of hydrogen-bond acceptors (Lipinski definition) is 2. The highest BCUT2D eigenvalue weighted by molar-refractivity contribution is 5.87. The summed E-state index contributed by atoms with van der Waals surface area (Å²) in [5, 5.41) is 3.28. The van der Waals surface area contributed by atoms with E-state index >= 15 is 0 Å². The molecule has 0 spiro atoms. The van der Waals surface area contributed by atoms with Crippen molar-refractivity contribution < 1.29 is 4.79 Å². The van der Waals surface area contributed by atoms with E-state index in [0.717, 1.165) is 13.0 Å². The van der Waals surface area contributed by atoms with E-state index in [4.69, 9.17) is 0 Å². The summed E-state index contributed by atoms with van der Waals surface area (Å²) in [6, 6.07) is 0. The van der Waals surface area contributed by atoms with E-state index in [1.165, 1.54) is 0 Å². The molecule has 1 atom stereocenters. The summed E-state index contributed by atoms with van der Waals surface area (Å²) < 4.78 is 0. The molecule has 1 amide bonds. The minimum Gasteiger partial charge on any atom is -0.328 e. The molecule has 1 heterocycles. The lowest BCUT2D eigenvalue weighted by Crippen LogP contribution is -2.43. The van der Waals surface area contributed by atoms with Crippen molar-refractivity contribution in [2.75, 3.05) is 13.2 Å². The molecule has 3 heteroatoms. The lowest BCUT2D eigenvalue weighted by molar-refractivity contribution is -0.133. The number of hydrogen-bond donors (Lipinski definition) is 1. The number of carbonyl (C=O) groups excluding carboxylic acids is 1. The zero-order chi connectivity index (χ0) is 11.0. The minimum absolute atomic E-state index is 0.177. The molecule has 1 aliphatic rings. The van der Waals surface area contributed by atoms with Gasteiger partial charge in [-0.1, -0.05) is 27.7 Å². The second-order valence-electron chi connectivity index (χ2n) is 5.58. The lowest BCUT2D eigenvalue weighted by Gasteiger charge is -2.27. The van der Waals surface area contributed by atoms with Gasteiger partial charge in [0.2, 0.25) is 5.91 Å². The SMILES string of the molecule is CCC1(C)NCN(CC(C)(C)C)C1=O. The Bertz CT molecular complexity index is 232. The van der Waals surface area contributed by atoms with Gasteiger partial charge in [0.25, 0.3) is 0 Å². The second kappa shape index (κ2) is 3.54. The van der Waals surface area contributed by atoms with Crippen LogP contribution in [0.15, 0.2) is 0 Å². The summed E-state index contributed by atoms with van der Waals surface area (Å²) in [7, 11) is 0. The van der Waals surface area contributed by atoms with E-state index in [1.54, 1.807) is 0 Å². The summed E-state index contributed by atoms with van der Waals surface area (Å²) in [6.45, 7) is 12.0. The maximum atomic E-state index is 12.0. The number of carbonyl (C=O) groups is 1. The molecule has 3 nitrogen and oxygen atoms in total. The first-order valence-corrected chi connectivity index (χ1v) is 5.33. The minimum atomic E-state index is -0.328. The van der Waals surface area contributed by atoms with Gasteiger partial charge in [-0.2, -0.15) is 0 Å². The van der Waals surface area contributed by atoms with E-state index in [1.807, 2.05) is 18.7 Å². The average Bonchev–Trinajstić information content (AvgIpc) is 2.32. The Morgan fingerprint density at radius 1 is 1.50 bits per heavy atom. The summed E-state index contributed by atoms with van der Waals surface area (Å²) >= 11 is 0. The number of nitrogens with zero attached hydrogens (tertiary/aromatic N) is 1. The Hall–Kier alpha value is -0.570. The molecule has 1 saturated heterocycles. The van der Waals surface area contributed by atoms with E-state index < -0.39 is 0 Å². The largest absolute Gasteiger partial charge is 0.328 e. The molecular formula is C11H22N2O. The first-order chi connectivity index (χ1) is 6.28. The normalized spacial score (nSPS) is 28.6. The molecular weight excluding hydrogens is 176 g/mol. The van der Waals surface area contributed by atoms with Crippen molar-refractivity contribution in [1.82, 2.24) is 10.2 Å². The molecule has 1 N–H and O–H groups in total.